The lowest BCUT2D eigenvalue weighted by Crippen LogP contribution is -2.17. The Hall–Kier alpha value is -1.62. The van der Waals surface area contributed by atoms with Gasteiger partial charge in [-0.1, -0.05) is 11.6 Å². The van der Waals surface area contributed by atoms with Crippen molar-refractivity contribution in [2.45, 2.75) is 6.92 Å². The Kier molecular flexibility index (Phi) is 2.32. The largest absolute Gasteiger partial charge is 0.355 e. The van der Waals surface area contributed by atoms with Gasteiger partial charge in [0.15, 0.2) is 5.15 Å². The lowest BCUT2D eigenvalue weighted by Gasteiger charge is -1.97. The number of aromatic nitrogens is 3. The maximum absolute atomic E-state index is 11.5. The van der Waals surface area contributed by atoms with E-state index in [2.05, 4.69) is 15.4 Å². The van der Waals surface area contributed by atoms with Crippen LogP contribution in [-0.2, 0) is 0 Å². The third-order valence-electron chi connectivity index (χ3n) is 2.25. The summed E-state index contributed by atoms with van der Waals surface area (Å²) in [5.74, 6) is -0.158. The van der Waals surface area contributed by atoms with Crippen LogP contribution in [0, 0.1) is 6.92 Å². The first kappa shape index (κ1) is 9.92. The van der Waals surface area contributed by atoms with E-state index in [1.54, 1.807) is 17.8 Å². The van der Waals surface area contributed by atoms with Crippen LogP contribution in [0.1, 0.15) is 15.9 Å². The molecular formula is C9H9ClN4O. The van der Waals surface area contributed by atoms with Crippen molar-refractivity contribution in [3.8, 4) is 0 Å². The minimum Gasteiger partial charge on any atom is -0.355 e. The van der Waals surface area contributed by atoms with E-state index in [9.17, 15) is 4.79 Å². The molecule has 0 unspecified atom stereocenters. The Labute approximate surface area is 91.1 Å². The van der Waals surface area contributed by atoms with Crippen LogP contribution < -0.4 is 5.32 Å². The molecule has 1 amide bonds. The topological polar surface area (TPSA) is 59.3 Å². The van der Waals surface area contributed by atoms with Crippen LogP contribution in [0.15, 0.2) is 12.5 Å². The fourth-order valence-electron chi connectivity index (χ4n) is 1.48. The van der Waals surface area contributed by atoms with Crippen molar-refractivity contribution in [1.29, 1.82) is 0 Å². The van der Waals surface area contributed by atoms with Gasteiger partial charge in [0.05, 0.1) is 5.56 Å². The first-order chi connectivity index (χ1) is 7.15. The number of rotatable bonds is 1. The number of fused-ring (bicyclic) bond motifs is 1. The highest BCUT2D eigenvalue weighted by atomic mass is 35.5. The van der Waals surface area contributed by atoms with Crippen LogP contribution in [-0.4, -0.2) is 27.6 Å². The number of hydrogen-bond acceptors (Lipinski definition) is 3. The molecule has 2 heterocycles. The van der Waals surface area contributed by atoms with Gasteiger partial charge >= 0.3 is 0 Å². The molecule has 0 aliphatic carbocycles. The van der Waals surface area contributed by atoms with Gasteiger partial charge in [0.25, 0.3) is 5.91 Å². The molecule has 0 radical (unpaired) electrons. The average Bonchev–Trinajstić information content (AvgIpc) is 2.56. The normalized spacial score (nSPS) is 10.6. The van der Waals surface area contributed by atoms with Crippen LogP contribution in [0.25, 0.3) is 5.52 Å². The zero-order valence-electron chi connectivity index (χ0n) is 8.28. The van der Waals surface area contributed by atoms with Crippen molar-refractivity contribution in [2.24, 2.45) is 0 Å². The predicted octanol–water partition coefficient (Wildman–Crippen LogP) is 1.05. The quantitative estimate of drug-likeness (QED) is 0.788. The third-order valence-corrected chi connectivity index (χ3v) is 2.53. The van der Waals surface area contributed by atoms with E-state index in [1.165, 1.54) is 6.33 Å². The first-order valence-electron chi connectivity index (χ1n) is 4.35. The number of carbonyl (C=O) groups excluding carboxylic acids is 1. The number of amides is 1. The number of halogens is 1. The molecule has 0 atom stereocenters. The van der Waals surface area contributed by atoms with Crippen LogP contribution >= 0.6 is 11.6 Å². The summed E-state index contributed by atoms with van der Waals surface area (Å²) in [7, 11) is 1.58. The molecule has 0 aromatic carbocycles. The Morgan fingerprint density at radius 2 is 2.33 bits per heavy atom. The van der Waals surface area contributed by atoms with Gasteiger partial charge in [-0.05, 0) is 12.5 Å². The monoisotopic (exact) mass is 224 g/mol. The van der Waals surface area contributed by atoms with Gasteiger partial charge in [-0.15, -0.1) is 0 Å². The second-order valence-electron chi connectivity index (χ2n) is 3.09. The number of nitrogens with zero attached hydrogens (tertiary/aromatic N) is 3. The molecule has 2 aromatic rings. The Balaban J connectivity index is 2.75. The second-order valence-corrected chi connectivity index (χ2v) is 3.45. The number of hydrogen-bond donors (Lipinski definition) is 1. The number of aryl methyl sites for hydroxylation is 1. The summed E-state index contributed by atoms with van der Waals surface area (Å²) in [6, 6.07) is 0. The molecule has 0 saturated carbocycles. The van der Waals surface area contributed by atoms with Gasteiger partial charge in [0.1, 0.15) is 11.8 Å². The van der Waals surface area contributed by atoms with Gasteiger partial charge in [0.2, 0.25) is 0 Å². The lowest BCUT2D eigenvalue weighted by molar-refractivity contribution is 0.0962. The summed E-state index contributed by atoms with van der Waals surface area (Å²) in [5, 5.41) is 6.89. The SMILES string of the molecule is CNC(=O)c1cn2ncnc(Cl)c2c1C. The Morgan fingerprint density at radius 3 is 2.93 bits per heavy atom. The van der Waals surface area contributed by atoms with E-state index in [0.717, 1.165) is 5.56 Å². The zero-order valence-corrected chi connectivity index (χ0v) is 9.04. The standard InChI is InChI=1S/C9H9ClN4O/c1-5-6(9(15)11-2)3-14-7(5)8(10)12-4-13-14/h3-4H,1-2H3,(H,11,15). The number of nitrogens with one attached hydrogen (secondary N) is 1. The van der Waals surface area contributed by atoms with E-state index < -0.39 is 0 Å². The maximum atomic E-state index is 11.5. The molecule has 5 nitrogen and oxygen atoms in total. The second kappa shape index (κ2) is 3.51. The fourth-order valence-corrected chi connectivity index (χ4v) is 1.75. The molecule has 0 saturated heterocycles. The predicted molar refractivity (Wildman–Crippen MR) is 56.1 cm³/mol. The zero-order chi connectivity index (χ0) is 11.0. The van der Waals surface area contributed by atoms with Gasteiger partial charge < -0.3 is 5.32 Å². The highest BCUT2D eigenvalue weighted by Crippen LogP contribution is 2.21. The highest BCUT2D eigenvalue weighted by Gasteiger charge is 2.15. The van der Waals surface area contributed by atoms with Crippen LogP contribution in [0.2, 0.25) is 5.15 Å². The minimum absolute atomic E-state index is 0.158. The summed E-state index contributed by atoms with van der Waals surface area (Å²) >= 11 is 5.92. The van der Waals surface area contributed by atoms with Crippen molar-refractivity contribution < 1.29 is 4.79 Å². The van der Waals surface area contributed by atoms with E-state index in [1.807, 2.05) is 6.92 Å². The molecule has 0 bridgehead atoms. The smallest absolute Gasteiger partial charge is 0.252 e. The van der Waals surface area contributed by atoms with Crippen molar-refractivity contribution in [3.05, 3.63) is 28.8 Å². The van der Waals surface area contributed by atoms with Crippen molar-refractivity contribution in [1.82, 2.24) is 19.9 Å². The van der Waals surface area contributed by atoms with Gasteiger partial charge in [-0.25, -0.2) is 9.50 Å². The fraction of sp³-hybridized carbons (Fsp3) is 0.222. The molecule has 6 heteroatoms. The molecular weight excluding hydrogens is 216 g/mol. The van der Waals surface area contributed by atoms with Crippen molar-refractivity contribution >= 4 is 23.0 Å². The van der Waals surface area contributed by atoms with E-state index >= 15 is 0 Å². The molecule has 0 fully saturated rings. The van der Waals surface area contributed by atoms with E-state index in [0.29, 0.717) is 16.2 Å². The molecule has 78 valence electrons. The van der Waals surface area contributed by atoms with Crippen LogP contribution in [0.3, 0.4) is 0 Å². The van der Waals surface area contributed by atoms with Crippen LogP contribution in [0.5, 0.6) is 0 Å². The molecule has 2 rings (SSSR count). The van der Waals surface area contributed by atoms with Gasteiger partial charge in [-0.3, -0.25) is 4.79 Å². The number of carbonyl (C=O) groups is 1. The van der Waals surface area contributed by atoms with Gasteiger partial charge in [-0.2, -0.15) is 5.10 Å². The summed E-state index contributed by atoms with van der Waals surface area (Å²) in [6.07, 6.45) is 2.99. The first-order valence-corrected chi connectivity index (χ1v) is 4.73. The van der Waals surface area contributed by atoms with Crippen molar-refractivity contribution in [2.75, 3.05) is 7.05 Å². The summed E-state index contributed by atoms with van der Waals surface area (Å²) in [5.41, 5.74) is 2.00. The molecule has 0 aliphatic heterocycles. The lowest BCUT2D eigenvalue weighted by atomic mass is 10.2. The Morgan fingerprint density at radius 1 is 1.60 bits per heavy atom. The Bertz CT molecular complexity index is 534. The highest BCUT2D eigenvalue weighted by molar-refractivity contribution is 6.32. The summed E-state index contributed by atoms with van der Waals surface area (Å²) in [4.78, 5) is 15.4. The van der Waals surface area contributed by atoms with Gasteiger partial charge in [0, 0.05) is 13.2 Å². The summed E-state index contributed by atoms with van der Waals surface area (Å²) < 4.78 is 1.55. The molecule has 15 heavy (non-hydrogen) atoms. The third kappa shape index (κ3) is 1.45. The molecule has 2 aromatic heterocycles. The van der Waals surface area contributed by atoms with Crippen molar-refractivity contribution in [3.63, 3.8) is 0 Å². The molecule has 0 aliphatic rings. The minimum atomic E-state index is -0.158. The molecule has 0 spiro atoms. The van der Waals surface area contributed by atoms with E-state index in [-0.39, 0.29) is 5.91 Å². The van der Waals surface area contributed by atoms with E-state index in [4.69, 9.17) is 11.6 Å². The summed E-state index contributed by atoms with van der Waals surface area (Å²) in [6.45, 7) is 1.81. The van der Waals surface area contributed by atoms with Crippen LogP contribution in [0.4, 0.5) is 0 Å². The maximum Gasteiger partial charge on any atom is 0.252 e. The average molecular weight is 225 g/mol. The molecule has 1 N–H and O–H groups in total.